The molecule has 0 spiro atoms. The van der Waals surface area contributed by atoms with Gasteiger partial charge in [0, 0.05) is 10.5 Å². The second kappa shape index (κ2) is 6.69. The highest BCUT2D eigenvalue weighted by Crippen LogP contribution is 2.14. The summed E-state index contributed by atoms with van der Waals surface area (Å²) in [5, 5.41) is 4.82. The number of esters is 1. The molecule has 0 saturated heterocycles. The number of benzene rings is 1. The number of nitrogens with one attached hydrogen (secondary N) is 1. The number of carbonyl (C=O) groups is 2. The Bertz CT molecular complexity index is 864. The van der Waals surface area contributed by atoms with Crippen LogP contribution in [0.1, 0.15) is 16.8 Å². The van der Waals surface area contributed by atoms with Crippen LogP contribution in [0.2, 0.25) is 0 Å². The molecule has 23 heavy (non-hydrogen) atoms. The van der Waals surface area contributed by atoms with Gasteiger partial charge >= 0.3 is 5.97 Å². The van der Waals surface area contributed by atoms with Gasteiger partial charge in [-0.05, 0) is 6.07 Å². The average molecular weight is 338 g/mol. The van der Waals surface area contributed by atoms with Crippen LogP contribution in [0, 0.1) is 0 Å². The van der Waals surface area contributed by atoms with Gasteiger partial charge in [-0.1, -0.05) is 22.9 Å². The van der Waals surface area contributed by atoms with Crippen molar-refractivity contribution >= 4 is 32.8 Å². The fraction of sp³-hybridized carbons (Fsp3) is 0.286. The molecule has 0 aliphatic rings. The fourth-order valence-corrected chi connectivity index (χ4v) is 2.45. The highest BCUT2D eigenvalue weighted by atomic mass is 32.2. The average Bonchev–Trinajstić information content (AvgIpc) is 2.50. The number of ether oxygens (including phenoxy) is 1. The number of carbonyl (C=O) groups excluding carboxylic acids is 2. The molecule has 1 aromatic carbocycles. The van der Waals surface area contributed by atoms with Crippen LogP contribution in [0.3, 0.4) is 0 Å². The molecule has 2 rings (SSSR count). The van der Waals surface area contributed by atoms with E-state index in [1.807, 2.05) is 4.72 Å². The highest BCUT2D eigenvalue weighted by Gasteiger charge is 2.20. The zero-order valence-corrected chi connectivity index (χ0v) is 13.5. The number of hydrogen-bond acceptors (Lipinski definition) is 6. The van der Waals surface area contributed by atoms with Crippen molar-refractivity contribution in [3.05, 3.63) is 36.0 Å². The van der Waals surface area contributed by atoms with Crippen molar-refractivity contribution in [3.8, 4) is 0 Å². The normalized spacial score (nSPS) is 11.2. The Kier molecular flexibility index (Phi) is 4.89. The summed E-state index contributed by atoms with van der Waals surface area (Å²) in [5.74, 6) is -1.16. The largest absolute Gasteiger partial charge is 0.469 e. The van der Waals surface area contributed by atoms with Gasteiger partial charge in [0.25, 0.3) is 5.91 Å². The standard InChI is InChI=1S/C14H15N3O5S/c1-22-13(18)7-8-17-9-11(14(19)16-23(2,20)21)10-5-3-4-6-12(10)15-17/h3-6,9H,7-8H2,1-2H3/p+1. The van der Waals surface area contributed by atoms with Gasteiger partial charge in [0.05, 0.1) is 13.4 Å². The minimum atomic E-state index is -3.69. The Morgan fingerprint density at radius 2 is 2.00 bits per heavy atom. The van der Waals surface area contributed by atoms with E-state index in [2.05, 4.69) is 9.84 Å². The smallest absolute Gasteiger partial charge is 0.312 e. The molecule has 0 fully saturated rings. The van der Waals surface area contributed by atoms with Crippen molar-refractivity contribution < 1.29 is 27.4 Å². The number of amides is 1. The predicted molar refractivity (Wildman–Crippen MR) is 80.9 cm³/mol. The number of sulfonamides is 1. The van der Waals surface area contributed by atoms with Crippen molar-refractivity contribution in [1.82, 2.24) is 9.82 Å². The Hall–Kier alpha value is -2.55. The number of rotatable bonds is 5. The van der Waals surface area contributed by atoms with E-state index in [4.69, 9.17) is 0 Å². The highest BCUT2D eigenvalue weighted by molar-refractivity contribution is 7.89. The van der Waals surface area contributed by atoms with E-state index >= 15 is 0 Å². The second-order valence-corrected chi connectivity index (χ2v) is 6.60. The summed E-state index contributed by atoms with van der Waals surface area (Å²) in [7, 11) is -2.40. The summed E-state index contributed by atoms with van der Waals surface area (Å²) in [6.45, 7) is 0.205. The van der Waals surface area contributed by atoms with Gasteiger partial charge in [0.15, 0.2) is 6.54 Å². The number of aromatic nitrogens is 2. The number of aryl methyl sites for hydroxylation is 1. The van der Waals surface area contributed by atoms with Crippen molar-refractivity contribution in [1.29, 1.82) is 0 Å². The minimum Gasteiger partial charge on any atom is -0.469 e. The van der Waals surface area contributed by atoms with Gasteiger partial charge in [0.1, 0.15) is 17.5 Å². The summed E-state index contributed by atoms with van der Waals surface area (Å²) < 4.78 is 30.5. The van der Waals surface area contributed by atoms with Crippen LogP contribution in [-0.4, -0.2) is 38.8 Å². The molecule has 0 unspecified atom stereocenters. The molecule has 0 bridgehead atoms. The number of hydrogen-bond donors (Lipinski definition) is 1. The third-order valence-corrected chi connectivity index (χ3v) is 3.56. The molecule has 1 heterocycles. The first-order chi connectivity index (χ1) is 10.8. The Labute approximate surface area is 133 Å². The molecule has 1 aromatic heterocycles. The maximum atomic E-state index is 12.2. The number of nitrogens with zero attached hydrogens (tertiary/aromatic N) is 2. The van der Waals surface area contributed by atoms with E-state index in [1.54, 1.807) is 24.3 Å². The van der Waals surface area contributed by atoms with Crippen LogP contribution in [0.15, 0.2) is 30.5 Å². The third kappa shape index (κ3) is 4.46. The monoisotopic (exact) mass is 338 g/mol. The van der Waals surface area contributed by atoms with E-state index in [0.29, 0.717) is 10.9 Å². The summed E-state index contributed by atoms with van der Waals surface area (Å²) in [5.41, 5.74) is 0.671. The Morgan fingerprint density at radius 3 is 2.65 bits per heavy atom. The van der Waals surface area contributed by atoms with Crippen LogP contribution in [-0.2, 0) is 26.1 Å². The molecule has 1 N–H and O–H groups in total. The minimum absolute atomic E-state index is 0.0830. The summed E-state index contributed by atoms with van der Waals surface area (Å²) >= 11 is 0. The number of fused-ring (bicyclic) bond motifs is 1. The van der Waals surface area contributed by atoms with Gasteiger partial charge in [-0.15, -0.1) is 0 Å². The molecule has 0 aliphatic heterocycles. The number of methoxy groups -OCH3 is 1. The molecule has 8 nitrogen and oxygen atoms in total. The van der Waals surface area contributed by atoms with Crippen LogP contribution in [0.5, 0.6) is 0 Å². The lowest BCUT2D eigenvalue weighted by atomic mass is 10.1. The van der Waals surface area contributed by atoms with Crippen molar-refractivity contribution in [2.24, 2.45) is 0 Å². The molecule has 0 atom stereocenters. The van der Waals surface area contributed by atoms with Crippen molar-refractivity contribution in [2.75, 3.05) is 13.4 Å². The molecule has 1 amide bonds. The second-order valence-electron chi connectivity index (χ2n) is 4.85. The molecule has 122 valence electrons. The first-order valence-electron chi connectivity index (χ1n) is 6.68. The zero-order valence-electron chi connectivity index (χ0n) is 12.6. The molecular weight excluding hydrogens is 322 g/mol. The molecule has 9 heteroatoms. The van der Waals surface area contributed by atoms with Gasteiger partial charge in [-0.3, -0.25) is 9.59 Å². The van der Waals surface area contributed by atoms with Crippen LogP contribution in [0.4, 0.5) is 0 Å². The summed E-state index contributed by atoms with van der Waals surface area (Å²) in [4.78, 5) is 23.4. The van der Waals surface area contributed by atoms with Crippen molar-refractivity contribution in [3.63, 3.8) is 0 Å². The Morgan fingerprint density at radius 1 is 1.30 bits per heavy atom. The van der Waals surface area contributed by atoms with Crippen LogP contribution >= 0.6 is 0 Å². The maximum absolute atomic E-state index is 12.2. The van der Waals surface area contributed by atoms with Crippen molar-refractivity contribution in [2.45, 2.75) is 13.0 Å². The van der Waals surface area contributed by atoms with E-state index in [0.717, 1.165) is 6.26 Å². The third-order valence-electron chi connectivity index (χ3n) is 3.00. The predicted octanol–water partition coefficient (Wildman–Crippen LogP) is -0.225. The molecule has 0 aliphatic carbocycles. The van der Waals surface area contributed by atoms with Gasteiger partial charge in [0.2, 0.25) is 16.2 Å². The fourth-order valence-electron chi connectivity index (χ4n) is 2.00. The van der Waals surface area contributed by atoms with Gasteiger partial charge < -0.3 is 4.74 Å². The zero-order chi connectivity index (χ0) is 17.0. The summed E-state index contributed by atoms with van der Waals surface area (Å²) in [6, 6.07) is 6.84. The topological polar surface area (TPSA) is 106 Å². The van der Waals surface area contributed by atoms with E-state index in [9.17, 15) is 18.0 Å². The van der Waals surface area contributed by atoms with Gasteiger partial charge in [-0.2, -0.15) is 0 Å². The van der Waals surface area contributed by atoms with Crippen LogP contribution in [0.25, 0.3) is 10.9 Å². The molecule has 0 radical (unpaired) electrons. The molecule has 0 saturated carbocycles. The molecular formula is C14H16N3O5S+. The van der Waals surface area contributed by atoms with E-state index < -0.39 is 21.9 Å². The van der Waals surface area contributed by atoms with E-state index in [-0.39, 0.29) is 18.5 Å². The van der Waals surface area contributed by atoms with Crippen LogP contribution < -0.4 is 9.40 Å². The Balaban J connectivity index is 2.44. The quantitative estimate of drug-likeness (QED) is 0.596. The maximum Gasteiger partial charge on any atom is 0.312 e. The summed E-state index contributed by atoms with van der Waals surface area (Å²) in [6.07, 6.45) is 2.39. The first-order valence-corrected chi connectivity index (χ1v) is 8.58. The van der Waals surface area contributed by atoms with E-state index in [1.165, 1.54) is 18.0 Å². The first kappa shape index (κ1) is 16.8. The van der Waals surface area contributed by atoms with Gasteiger partial charge in [-0.25, -0.2) is 13.1 Å². The SMILES string of the molecule is COC(=O)CC[n+]1cc(C(=O)NS(C)(=O)=O)c2ccccc2n1. The lowest BCUT2D eigenvalue weighted by Crippen LogP contribution is -2.41. The lowest BCUT2D eigenvalue weighted by molar-refractivity contribution is -0.750. The lowest BCUT2D eigenvalue weighted by Gasteiger charge is -2.05. The molecule has 2 aromatic rings.